The predicted molar refractivity (Wildman–Crippen MR) is 103 cm³/mol. The second-order valence-electron chi connectivity index (χ2n) is 7.11. The second kappa shape index (κ2) is 8.19. The summed E-state index contributed by atoms with van der Waals surface area (Å²) in [5.74, 6) is -5.38. The highest BCUT2D eigenvalue weighted by molar-refractivity contribution is 7.22. The summed E-state index contributed by atoms with van der Waals surface area (Å²) in [7, 11) is 0. The van der Waals surface area contributed by atoms with Gasteiger partial charge in [-0.1, -0.05) is 17.4 Å². The Bertz CT molecular complexity index is 992. The van der Waals surface area contributed by atoms with E-state index in [1.54, 1.807) is 0 Å². The number of likely N-dealkylation sites (N-methyl/N-ethyl adjacent to an activating group) is 1. The number of benzene rings is 1. The van der Waals surface area contributed by atoms with E-state index in [-0.39, 0.29) is 21.9 Å². The van der Waals surface area contributed by atoms with Gasteiger partial charge in [0.25, 0.3) is 17.4 Å². The van der Waals surface area contributed by atoms with Crippen LogP contribution in [0.1, 0.15) is 25.3 Å². The molecule has 1 aliphatic carbocycles. The molecule has 2 aromatic rings. The summed E-state index contributed by atoms with van der Waals surface area (Å²) in [6, 6.07) is 2.07. The van der Waals surface area contributed by atoms with E-state index < -0.39 is 47.7 Å². The van der Waals surface area contributed by atoms with Crippen molar-refractivity contribution in [1.29, 1.82) is 0 Å². The van der Waals surface area contributed by atoms with Crippen LogP contribution in [-0.4, -0.2) is 47.2 Å². The third kappa shape index (κ3) is 4.71. The van der Waals surface area contributed by atoms with Crippen LogP contribution in [0.3, 0.4) is 0 Å². The number of anilines is 1. The minimum absolute atomic E-state index is 0.0482. The molecule has 1 atom stereocenters. The van der Waals surface area contributed by atoms with Crippen molar-refractivity contribution in [3.05, 3.63) is 23.8 Å². The Morgan fingerprint density at radius 1 is 1.19 bits per heavy atom. The number of alkyl halides is 5. The molecular weight excluding hydrogens is 447 g/mol. The van der Waals surface area contributed by atoms with Gasteiger partial charge in [0.15, 0.2) is 5.13 Å². The number of hydrogen-bond donors (Lipinski definition) is 4. The van der Waals surface area contributed by atoms with Crippen molar-refractivity contribution in [1.82, 2.24) is 15.6 Å². The van der Waals surface area contributed by atoms with E-state index in [0.717, 1.165) is 29.5 Å². The Hall–Kier alpha value is -2.54. The molecular formula is C18H19F5N4O3S. The molecule has 7 nitrogen and oxygen atoms in total. The summed E-state index contributed by atoms with van der Waals surface area (Å²) in [5.41, 5.74) is -4.31. The van der Waals surface area contributed by atoms with Crippen LogP contribution < -0.4 is 16.0 Å². The fraction of sp³-hybridized carbons (Fsp3) is 0.500. The minimum Gasteiger partial charge on any atom is -0.369 e. The van der Waals surface area contributed by atoms with Gasteiger partial charge in [0, 0.05) is 18.0 Å². The monoisotopic (exact) mass is 466 g/mol. The van der Waals surface area contributed by atoms with Crippen LogP contribution in [0.5, 0.6) is 0 Å². The van der Waals surface area contributed by atoms with Crippen LogP contribution in [0.2, 0.25) is 0 Å². The average Bonchev–Trinajstić information content (AvgIpc) is 3.46. The zero-order valence-electron chi connectivity index (χ0n) is 16.1. The molecule has 0 bridgehead atoms. The van der Waals surface area contributed by atoms with E-state index in [1.165, 1.54) is 6.92 Å². The molecule has 170 valence electrons. The largest absolute Gasteiger partial charge is 0.430 e. The Labute approximate surface area is 177 Å². The minimum atomic E-state index is -5.29. The lowest BCUT2D eigenvalue weighted by Crippen LogP contribution is -2.54. The maximum atomic E-state index is 13.6. The maximum absolute atomic E-state index is 13.6. The molecule has 0 radical (unpaired) electrons. The van der Waals surface area contributed by atoms with E-state index >= 15 is 0 Å². The first-order valence-corrected chi connectivity index (χ1v) is 10.1. The Morgan fingerprint density at radius 3 is 2.45 bits per heavy atom. The lowest BCUT2D eigenvalue weighted by Gasteiger charge is -2.29. The third-order valence-electron chi connectivity index (χ3n) is 4.76. The number of urea groups is 1. The topological polar surface area (TPSA) is 103 Å². The standard InChI is InChI=1S/C18H19F5N4O3S/c1-2-24-13(28)17(30,18(21,22)23)10-5-6-11-12(7-10)31-15(26-11)27-14(29)25-8-16(19,20)9-3-4-9/h5-7,9,30H,2-4,8H2,1H3,(H,24,28)(H2,25,26,27,29)/t17-/m0/s1. The number of carbonyl (C=O) groups excluding carboxylic acids is 2. The van der Waals surface area contributed by atoms with Gasteiger partial charge in [-0.05, 0) is 31.9 Å². The first-order chi connectivity index (χ1) is 14.4. The molecule has 3 amide bonds. The van der Waals surface area contributed by atoms with Gasteiger partial charge in [0.05, 0.1) is 16.8 Å². The number of aliphatic hydroxyl groups is 1. The smallest absolute Gasteiger partial charge is 0.369 e. The molecule has 1 aromatic carbocycles. The van der Waals surface area contributed by atoms with Gasteiger partial charge in [-0.15, -0.1) is 0 Å². The van der Waals surface area contributed by atoms with E-state index in [9.17, 15) is 36.6 Å². The SMILES string of the molecule is CCNC(=O)[C@@](O)(c1ccc2nc(NC(=O)NCC(F)(F)C3CC3)sc2c1)C(F)(F)F. The van der Waals surface area contributed by atoms with Gasteiger partial charge < -0.3 is 15.7 Å². The van der Waals surface area contributed by atoms with Crippen LogP contribution in [0.4, 0.5) is 31.9 Å². The lowest BCUT2D eigenvalue weighted by atomic mass is 9.92. The predicted octanol–water partition coefficient (Wildman–Crippen LogP) is 3.35. The van der Waals surface area contributed by atoms with Gasteiger partial charge in [0.2, 0.25) is 0 Å². The summed E-state index contributed by atoms with van der Waals surface area (Å²) < 4.78 is 68.0. The zero-order valence-corrected chi connectivity index (χ0v) is 17.0. The van der Waals surface area contributed by atoms with Crippen LogP contribution >= 0.6 is 11.3 Å². The first-order valence-electron chi connectivity index (χ1n) is 9.29. The molecule has 0 aliphatic heterocycles. The highest BCUT2D eigenvalue weighted by atomic mass is 32.1. The third-order valence-corrected chi connectivity index (χ3v) is 5.70. The highest BCUT2D eigenvalue weighted by Gasteiger charge is 2.60. The lowest BCUT2D eigenvalue weighted by molar-refractivity contribution is -0.256. The molecule has 0 unspecified atom stereocenters. The van der Waals surface area contributed by atoms with Crippen molar-refractivity contribution in [3.8, 4) is 0 Å². The normalized spacial score (nSPS) is 16.6. The molecule has 0 spiro atoms. The van der Waals surface area contributed by atoms with E-state index in [1.807, 2.05) is 10.6 Å². The Morgan fingerprint density at radius 2 is 1.87 bits per heavy atom. The fourth-order valence-electron chi connectivity index (χ4n) is 2.90. The highest BCUT2D eigenvalue weighted by Crippen LogP contribution is 2.43. The summed E-state index contributed by atoms with van der Waals surface area (Å²) in [5, 5.41) is 16.4. The number of halogens is 5. The van der Waals surface area contributed by atoms with Crippen molar-refractivity contribution < 1.29 is 36.6 Å². The van der Waals surface area contributed by atoms with Gasteiger partial charge in [-0.3, -0.25) is 10.1 Å². The van der Waals surface area contributed by atoms with Crippen molar-refractivity contribution >= 4 is 38.6 Å². The number of amides is 3. The summed E-state index contributed by atoms with van der Waals surface area (Å²) in [6.07, 6.45) is -4.49. The van der Waals surface area contributed by atoms with Crippen LogP contribution in [-0.2, 0) is 10.4 Å². The number of rotatable bonds is 7. The van der Waals surface area contributed by atoms with Gasteiger partial charge >= 0.3 is 12.2 Å². The van der Waals surface area contributed by atoms with Crippen molar-refractivity contribution in [3.63, 3.8) is 0 Å². The summed E-state index contributed by atoms with van der Waals surface area (Å²) >= 11 is 0.763. The molecule has 13 heteroatoms. The summed E-state index contributed by atoms with van der Waals surface area (Å²) in [6.45, 7) is 0.442. The Kier molecular flexibility index (Phi) is 6.11. The molecule has 1 fully saturated rings. The van der Waals surface area contributed by atoms with Gasteiger partial charge in [-0.25, -0.2) is 18.6 Å². The van der Waals surface area contributed by atoms with Crippen molar-refractivity contribution in [2.24, 2.45) is 5.92 Å². The quantitative estimate of drug-likeness (QED) is 0.470. The zero-order chi connectivity index (χ0) is 23.0. The maximum Gasteiger partial charge on any atom is 0.430 e. The van der Waals surface area contributed by atoms with E-state index in [0.29, 0.717) is 12.8 Å². The second-order valence-corrected chi connectivity index (χ2v) is 8.14. The molecule has 31 heavy (non-hydrogen) atoms. The number of hydrogen-bond acceptors (Lipinski definition) is 5. The first kappa shape index (κ1) is 23.1. The molecule has 1 saturated carbocycles. The molecule has 3 rings (SSSR count). The number of carbonyl (C=O) groups is 2. The number of aromatic nitrogens is 1. The van der Waals surface area contributed by atoms with Gasteiger partial charge in [0.1, 0.15) is 0 Å². The average molecular weight is 466 g/mol. The molecule has 1 aliphatic rings. The molecule has 0 saturated heterocycles. The molecule has 1 aromatic heterocycles. The van der Waals surface area contributed by atoms with Gasteiger partial charge in [-0.2, -0.15) is 13.2 Å². The molecule has 1 heterocycles. The Balaban J connectivity index is 1.79. The number of nitrogens with zero attached hydrogens (tertiary/aromatic N) is 1. The van der Waals surface area contributed by atoms with Crippen molar-refractivity contribution in [2.45, 2.75) is 37.5 Å². The number of nitrogens with one attached hydrogen (secondary N) is 3. The van der Waals surface area contributed by atoms with Crippen LogP contribution in [0.25, 0.3) is 10.2 Å². The van der Waals surface area contributed by atoms with Crippen LogP contribution in [0.15, 0.2) is 18.2 Å². The van der Waals surface area contributed by atoms with Crippen LogP contribution in [0, 0.1) is 5.92 Å². The number of thiazole rings is 1. The van der Waals surface area contributed by atoms with Crippen molar-refractivity contribution in [2.75, 3.05) is 18.4 Å². The molecule has 4 N–H and O–H groups in total. The summed E-state index contributed by atoms with van der Waals surface area (Å²) in [4.78, 5) is 27.9. The van der Waals surface area contributed by atoms with E-state index in [4.69, 9.17) is 0 Å². The van der Waals surface area contributed by atoms with E-state index in [2.05, 4.69) is 10.3 Å². The fourth-order valence-corrected chi connectivity index (χ4v) is 3.80. The number of fused-ring (bicyclic) bond motifs is 1.